The van der Waals surface area contributed by atoms with E-state index < -0.39 is 0 Å². The molecule has 0 bridgehead atoms. The number of thiazole rings is 1. The molecule has 3 nitrogen and oxygen atoms in total. The normalized spacial score (nSPS) is 27.1. The molecule has 1 aliphatic carbocycles. The highest BCUT2D eigenvalue weighted by Crippen LogP contribution is 2.39. The van der Waals surface area contributed by atoms with Gasteiger partial charge in [-0.25, -0.2) is 4.98 Å². The minimum absolute atomic E-state index is 0.679. The number of rotatable bonds is 3. The first-order valence-electron chi connectivity index (χ1n) is 7.55. The van der Waals surface area contributed by atoms with Gasteiger partial charge in [-0.15, -0.1) is 0 Å². The largest absolute Gasteiger partial charge is 0.345 e. The van der Waals surface area contributed by atoms with Gasteiger partial charge in [0.05, 0.1) is 10.6 Å². The molecule has 19 heavy (non-hydrogen) atoms. The van der Waals surface area contributed by atoms with E-state index in [0.717, 1.165) is 40.9 Å². The predicted octanol–water partition coefficient (Wildman–Crippen LogP) is 3.68. The first-order valence-corrected chi connectivity index (χ1v) is 8.36. The number of aldehydes is 1. The van der Waals surface area contributed by atoms with E-state index in [0.29, 0.717) is 6.04 Å². The molecular formula is C15H22N2OS. The highest BCUT2D eigenvalue weighted by atomic mass is 32.1. The summed E-state index contributed by atoms with van der Waals surface area (Å²) < 4.78 is 0. The third kappa shape index (κ3) is 2.42. The number of carbonyl (C=O) groups is 1. The van der Waals surface area contributed by atoms with Crippen molar-refractivity contribution in [2.45, 2.75) is 57.9 Å². The molecule has 3 rings (SSSR count). The second-order valence-electron chi connectivity index (χ2n) is 5.73. The van der Waals surface area contributed by atoms with Crippen molar-refractivity contribution in [3.05, 3.63) is 10.6 Å². The molecule has 0 spiro atoms. The Bertz CT molecular complexity index is 455. The van der Waals surface area contributed by atoms with Crippen LogP contribution >= 0.6 is 11.3 Å². The lowest BCUT2D eigenvalue weighted by molar-refractivity contribution is 0.112. The van der Waals surface area contributed by atoms with Crippen molar-refractivity contribution in [1.82, 2.24) is 4.98 Å². The highest BCUT2D eigenvalue weighted by Gasteiger charge is 2.34. The lowest BCUT2D eigenvalue weighted by Gasteiger charge is -2.44. The van der Waals surface area contributed by atoms with Crippen molar-refractivity contribution in [2.24, 2.45) is 5.92 Å². The summed E-state index contributed by atoms with van der Waals surface area (Å²) in [6.07, 6.45) is 9.92. The SMILES string of the molecule is CCc1nc(N2CCCC3CCCCC32)sc1C=O. The number of hydrogen-bond acceptors (Lipinski definition) is 4. The summed E-state index contributed by atoms with van der Waals surface area (Å²) in [4.78, 5) is 19.2. The molecule has 2 fully saturated rings. The van der Waals surface area contributed by atoms with Crippen molar-refractivity contribution in [2.75, 3.05) is 11.4 Å². The third-order valence-corrected chi connectivity index (χ3v) is 5.71. The average molecular weight is 278 g/mol. The fourth-order valence-corrected chi connectivity index (χ4v) is 4.73. The molecule has 0 radical (unpaired) electrons. The molecule has 104 valence electrons. The fraction of sp³-hybridized carbons (Fsp3) is 0.733. The van der Waals surface area contributed by atoms with Gasteiger partial charge in [-0.1, -0.05) is 31.1 Å². The molecule has 2 aliphatic rings. The number of aromatic nitrogens is 1. The van der Waals surface area contributed by atoms with E-state index in [1.165, 1.54) is 38.5 Å². The van der Waals surface area contributed by atoms with E-state index >= 15 is 0 Å². The van der Waals surface area contributed by atoms with E-state index in [-0.39, 0.29) is 0 Å². The van der Waals surface area contributed by atoms with Crippen molar-refractivity contribution >= 4 is 22.8 Å². The van der Waals surface area contributed by atoms with Crippen LogP contribution in [0.3, 0.4) is 0 Å². The number of fused-ring (bicyclic) bond motifs is 1. The summed E-state index contributed by atoms with van der Waals surface area (Å²) in [5, 5.41) is 1.09. The molecule has 1 saturated carbocycles. The Morgan fingerprint density at radius 1 is 1.32 bits per heavy atom. The molecule has 2 unspecified atom stereocenters. The quantitative estimate of drug-likeness (QED) is 0.791. The second kappa shape index (κ2) is 5.61. The lowest BCUT2D eigenvalue weighted by Crippen LogP contribution is -2.46. The standard InChI is InChI=1S/C15H22N2OS/c1-2-12-14(10-18)19-15(16-12)17-9-5-7-11-6-3-4-8-13(11)17/h10-11,13H,2-9H2,1H3. The number of hydrogen-bond donors (Lipinski definition) is 0. The summed E-state index contributed by atoms with van der Waals surface area (Å²) in [7, 11) is 0. The maximum absolute atomic E-state index is 11.1. The first kappa shape index (κ1) is 13.1. The molecule has 1 aliphatic heterocycles. The molecular weight excluding hydrogens is 256 g/mol. The Hall–Kier alpha value is -0.900. The minimum atomic E-state index is 0.679. The summed E-state index contributed by atoms with van der Waals surface area (Å²) >= 11 is 1.59. The summed E-state index contributed by atoms with van der Waals surface area (Å²) in [5.74, 6) is 0.858. The van der Waals surface area contributed by atoms with Gasteiger partial charge in [-0.3, -0.25) is 4.79 Å². The predicted molar refractivity (Wildman–Crippen MR) is 79.2 cm³/mol. The summed E-state index contributed by atoms with van der Waals surface area (Å²) in [6.45, 7) is 3.20. The molecule has 2 atom stereocenters. The van der Waals surface area contributed by atoms with Crippen molar-refractivity contribution < 1.29 is 4.79 Å². The van der Waals surface area contributed by atoms with Crippen LogP contribution in [0.25, 0.3) is 0 Å². The van der Waals surface area contributed by atoms with Crippen molar-refractivity contribution in [1.29, 1.82) is 0 Å². The van der Waals surface area contributed by atoms with Gasteiger partial charge in [-0.2, -0.15) is 0 Å². The van der Waals surface area contributed by atoms with Crippen LogP contribution in [0.2, 0.25) is 0 Å². The number of aryl methyl sites for hydroxylation is 1. The van der Waals surface area contributed by atoms with Crippen LogP contribution in [0.15, 0.2) is 0 Å². The zero-order valence-corrected chi connectivity index (χ0v) is 12.4. The maximum Gasteiger partial charge on any atom is 0.186 e. The summed E-state index contributed by atoms with van der Waals surface area (Å²) in [6, 6.07) is 0.679. The minimum Gasteiger partial charge on any atom is -0.345 e. The Morgan fingerprint density at radius 3 is 2.84 bits per heavy atom. The molecule has 4 heteroatoms. The molecule has 1 aromatic heterocycles. The second-order valence-corrected chi connectivity index (χ2v) is 6.74. The van der Waals surface area contributed by atoms with Crippen LogP contribution in [0, 0.1) is 5.92 Å². The van der Waals surface area contributed by atoms with Crippen molar-refractivity contribution in [3.63, 3.8) is 0 Å². The average Bonchev–Trinajstić information content (AvgIpc) is 2.89. The van der Waals surface area contributed by atoms with Gasteiger partial charge in [0.15, 0.2) is 11.4 Å². The molecule has 0 N–H and O–H groups in total. The maximum atomic E-state index is 11.1. The fourth-order valence-electron chi connectivity index (χ4n) is 3.68. The van der Waals surface area contributed by atoms with E-state index in [1.54, 1.807) is 11.3 Å². The van der Waals surface area contributed by atoms with Crippen LogP contribution in [-0.4, -0.2) is 23.9 Å². The Morgan fingerprint density at radius 2 is 2.11 bits per heavy atom. The van der Waals surface area contributed by atoms with E-state index in [2.05, 4.69) is 11.8 Å². The molecule has 2 heterocycles. The lowest BCUT2D eigenvalue weighted by atomic mass is 9.78. The molecule has 0 amide bonds. The summed E-state index contributed by atoms with van der Waals surface area (Å²) in [5.41, 5.74) is 0.980. The number of piperidine rings is 1. The van der Waals surface area contributed by atoms with E-state index in [4.69, 9.17) is 4.98 Å². The first-order chi connectivity index (χ1) is 9.33. The van der Waals surface area contributed by atoms with Gasteiger partial charge in [0.1, 0.15) is 0 Å². The Balaban J connectivity index is 1.87. The topological polar surface area (TPSA) is 33.2 Å². The van der Waals surface area contributed by atoms with Gasteiger partial charge in [-0.05, 0) is 38.0 Å². The smallest absolute Gasteiger partial charge is 0.186 e. The molecule has 1 aromatic rings. The zero-order chi connectivity index (χ0) is 13.2. The zero-order valence-electron chi connectivity index (χ0n) is 11.6. The van der Waals surface area contributed by atoms with Crippen molar-refractivity contribution in [3.8, 4) is 0 Å². The third-order valence-electron chi connectivity index (χ3n) is 4.65. The molecule has 0 aromatic carbocycles. The highest BCUT2D eigenvalue weighted by molar-refractivity contribution is 7.17. The van der Waals surface area contributed by atoms with Crippen LogP contribution in [0.5, 0.6) is 0 Å². The van der Waals surface area contributed by atoms with Gasteiger partial charge < -0.3 is 4.90 Å². The Kier molecular flexibility index (Phi) is 3.87. The van der Waals surface area contributed by atoms with Crippen LogP contribution < -0.4 is 4.90 Å². The number of carbonyl (C=O) groups excluding carboxylic acids is 1. The van der Waals surface area contributed by atoms with Crippen LogP contribution in [0.4, 0.5) is 5.13 Å². The van der Waals surface area contributed by atoms with E-state index in [1.807, 2.05) is 0 Å². The van der Waals surface area contributed by atoms with Gasteiger partial charge in [0.25, 0.3) is 0 Å². The Labute approximate surface area is 119 Å². The number of nitrogens with zero attached hydrogens (tertiary/aromatic N) is 2. The van der Waals surface area contributed by atoms with Crippen LogP contribution in [-0.2, 0) is 6.42 Å². The molecule has 1 saturated heterocycles. The van der Waals surface area contributed by atoms with Gasteiger partial charge in [0, 0.05) is 12.6 Å². The van der Waals surface area contributed by atoms with E-state index in [9.17, 15) is 4.79 Å². The van der Waals surface area contributed by atoms with Crippen LogP contribution in [0.1, 0.15) is 60.8 Å². The van der Waals surface area contributed by atoms with Gasteiger partial charge in [0.2, 0.25) is 0 Å². The monoisotopic (exact) mass is 278 g/mol. The van der Waals surface area contributed by atoms with Gasteiger partial charge >= 0.3 is 0 Å². The number of anilines is 1.